The molecule has 1 nitrogen and oxygen atoms in total. The highest BCUT2D eigenvalue weighted by Gasteiger charge is 2.23. The highest BCUT2D eigenvalue weighted by molar-refractivity contribution is 9.10. The number of hydrogen-bond acceptors (Lipinski definition) is 1. The Morgan fingerprint density at radius 3 is 1.21 bits per heavy atom. The van der Waals surface area contributed by atoms with Crippen molar-refractivity contribution in [1.29, 1.82) is 0 Å². The second kappa shape index (κ2) is 5.04. The molecule has 78 valence electrons. The quantitative estimate of drug-likeness (QED) is 0.405. The molecule has 0 aliphatic heterocycles. The summed E-state index contributed by atoms with van der Waals surface area (Å²) in [6, 6.07) is 0. The lowest BCUT2D eigenvalue weighted by Crippen LogP contribution is -2.01. The number of carbonyl (C=O) groups is 1. The summed E-state index contributed by atoms with van der Waals surface area (Å²) in [5.41, 5.74) is 0. The van der Waals surface area contributed by atoms with Crippen LogP contribution in [-0.2, 0) is 4.79 Å². The van der Waals surface area contributed by atoms with Crippen LogP contribution in [0.1, 0.15) is 0 Å². The normalized spacial score (nSPS) is 9.29. The van der Waals surface area contributed by atoms with Gasteiger partial charge in [-0.25, -0.2) is 22.0 Å². The maximum absolute atomic E-state index is 12.4. The molecule has 0 unspecified atom stereocenters. The van der Waals surface area contributed by atoms with Gasteiger partial charge in [0.1, 0.15) is 6.79 Å². The molecule has 0 amide bonds. The number of hydrogen-bond donors (Lipinski definition) is 0. The van der Waals surface area contributed by atoms with E-state index in [1.807, 2.05) is 6.79 Å². The van der Waals surface area contributed by atoms with Crippen molar-refractivity contribution in [3.63, 3.8) is 0 Å². The van der Waals surface area contributed by atoms with Crippen LogP contribution in [0.15, 0.2) is 4.47 Å². The number of carbonyl (C=O) groups excluding carboxylic acids is 1. The molecule has 7 heteroatoms. The molecule has 1 rings (SSSR count). The molecule has 0 bridgehead atoms. The first-order chi connectivity index (χ1) is 6.46. The lowest BCUT2D eigenvalue weighted by atomic mass is 10.3. The van der Waals surface area contributed by atoms with Gasteiger partial charge >= 0.3 is 0 Å². The Bertz CT molecular complexity index is 249. The Kier molecular flexibility index (Phi) is 4.69. The van der Waals surface area contributed by atoms with Gasteiger partial charge < -0.3 is 4.79 Å². The van der Waals surface area contributed by atoms with Crippen LogP contribution in [0.3, 0.4) is 0 Å². The van der Waals surface area contributed by atoms with Crippen LogP contribution in [0.4, 0.5) is 22.0 Å². The van der Waals surface area contributed by atoms with Crippen LogP contribution in [0.25, 0.3) is 0 Å². The minimum atomic E-state index is -2.16. The van der Waals surface area contributed by atoms with E-state index < -0.39 is 33.6 Å². The van der Waals surface area contributed by atoms with Crippen LogP contribution in [0.2, 0.25) is 0 Å². The third-order valence-electron chi connectivity index (χ3n) is 1.16. The van der Waals surface area contributed by atoms with Crippen molar-refractivity contribution >= 4 is 22.7 Å². The fourth-order valence-corrected chi connectivity index (χ4v) is 0.926. The summed E-state index contributed by atoms with van der Waals surface area (Å²) in [5.74, 6) is -9.81. The van der Waals surface area contributed by atoms with Crippen molar-refractivity contribution in [2.24, 2.45) is 0 Å². The average molecular weight is 277 g/mol. The maximum atomic E-state index is 12.4. The Hall–Kier alpha value is -0.980. The molecule has 1 aromatic carbocycles. The lowest BCUT2D eigenvalue weighted by molar-refractivity contribution is -0.0979. The van der Waals surface area contributed by atoms with Crippen LogP contribution < -0.4 is 0 Å². The molecule has 0 fully saturated rings. The van der Waals surface area contributed by atoms with Crippen molar-refractivity contribution in [1.82, 2.24) is 0 Å². The molecule has 14 heavy (non-hydrogen) atoms. The van der Waals surface area contributed by atoms with Gasteiger partial charge in [0.25, 0.3) is 0 Å². The van der Waals surface area contributed by atoms with E-state index in [-0.39, 0.29) is 0 Å². The Labute approximate surface area is 83.7 Å². The zero-order valence-electron chi connectivity index (χ0n) is 6.38. The van der Waals surface area contributed by atoms with E-state index >= 15 is 0 Å². The first-order valence-corrected chi connectivity index (χ1v) is 3.72. The van der Waals surface area contributed by atoms with Crippen LogP contribution >= 0.6 is 15.9 Å². The molecule has 0 radical (unpaired) electrons. The highest BCUT2D eigenvalue weighted by atomic mass is 79.9. The van der Waals surface area contributed by atoms with Crippen LogP contribution in [0, 0.1) is 29.1 Å². The highest BCUT2D eigenvalue weighted by Crippen LogP contribution is 2.26. The molecule has 0 heterocycles. The van der Waals surface area contributed by atoms with E-state index in [9.17, 15) is 22.0 Å². The van der Waals surface area contributed by atoms with E-state index in [4.69, 9.17) is 4.79 Å². The average Bonchev–Trinajstić information content (AvgIpc) is 2.24. The topological polar surface area (TPSA) is 17.1 Å². The monoisotopic (exact) mass is 276 g/mol. The van der Waals surface area contributed by atoms with E-state index in [2.05, 4.69) is 15.9 Å². The summed E-state index contributed by atoms with van der Waals surface area (Å²) in [6.07, 6.45) is 0. The van der Waals surface area contributed by atoms with E-state index in [1.54, 1.807) is 0 Å². The van der Waals surface area contributed by atoms with E-state index in [0.29, 0.717) is 0 Å². The molecule has 0 saturated heterocycles. The summed E-state index contributed by atoms with van der Waals surface area (Å²) in [6.45, 7) is 2.00. The molecule has 0 aromatic heterocycles. The largest absolute Gasteiger partial charge is 0.307 e. The summed E-state index contributed by atoms with van der Waals surface area (Å²) in [4.78, 5) is 8.00. The second-order valence-electron chi connectivity index (χ2n) is 1.88. The minimum Gasteiger partial charge on any atom is -0.307 e. The standard InChI is InChI=1S/C6BrF5.CH2O/c7-1-2(8)4(10)6(12)5(11)3(1)9;1-2/h;1H2. The zero-order valence-corrected chi connectivity index (χ0v) is 7.97. The van der Waals surface area contributed by atoms with Crippen molar-refractivity contribution in [2.75, 3.05) is 0 Å². The molecular formula is C7H2BrF5O. The maximum Gasteiger partial charge on any atom is 0.200 e. The summed E-state index contributed by atoms with van der Waals surface area (Å²) >= 11 is 2.22. The number of halogens is 6. The van der Waals surface area contributed by atoms with Gasteiger partial charge in [0, 0.05) is 0 Å². The smallest absolute Gasteiger partial charge is 0.200 e. The molecule has 0 N–H and O–H groups in total. The molecule has 0 saturated carbocycles. The summed E-state index contributed by atoms with van der Waals surface area (Å²) in [5, 5.41) is 0. The van der Waals surface area contributed by atoms with E-state index in [0.717, 1.165) is 0 Å². The molecule has 0 atom stereocenters. The van der Waals surface area contributed by atoms with E-state index in [1.165, 1.54) is 0 Å². The van der Waals surface area contributed by atoms with Gasteiger partial charge in [0.05, 0.1) is 4.47 Å². The fourth-order valence-electron chi connectivity index (χ4n) is 0.578. The van der Waals surface area contributed by atoms with Crippen molar-refractivity contribution in [3.8, 4) is 0 Å². The SMILES string of the molecule is C=O.Fc1c(F)c(F)c(Br)c(F)c1F. The van der Waals surface area contributed by atoms with Gasteiger partial charge in [0.15, 0.2) is 23.3 Å². The van der Waals surface area contributed by atoms with Crippen molar-refractivity contribution in [3.05, 3.63) is 33.6 Å². The van der Waals surface area contributed by atoms with Crippen LogP contribution in [-0.4, -0.2) is 6.79 Å². The Morgan fingerprint density at radius 2 is 0.929 bits per heavy atom. The van der Waals surface area contributed by atoms with Crippen LogP contribution in [0.5, 0.6) is 0 Å². The second-order valence-corrected chi connectivity index (χ2v) is 2.68. The lowest BCUT2D eigenvalue weighted by Gasteiger charge is -2.00. The Morgan fingerprint density at radius 1 is 0.714 bits per heavy atom. The molecular weight excluding hydrogens is 275 g/mol. The third kappa shape index (κ3) is 2.09. The van der Waals surface area contributed by atoms with Crippen molar-refractivity contribution < 1.29 is 26.7 Å². The van der Waals surface area contributed by atoms with Gasteiger partial charge in [-0.05, 0) is 15.9 Å². The molecule has 0 aliphatic carbocycles. The summed E-state index contributed by atoms with van der Waals surface area (Å²) < 4.78 is 60.3. The first kappa shape index (κ1) is 13.0. The predicted molar refractivity (Wildman–Crippen MR) is 41.1 cm³/mol. The Balaban J connectivity index is 0.000000791. The minimum absolute atomic E-state index is 1.06. The third-order valence-corrected chi connectivity index (χ3v) is 1.85. The molecule has 0 aliphatic rings. The number of rotatable bonds is 0. The van der Waals surface area contributed by atoms with Gasteiger partial charge in [-0.1, -0.05) is 0 Å². The first-order valence-electron chi connectivity index (χ1n) is 2.92. The zero-order chi connectivity index (χ0) is 11.5. The fraction of sp³-hybridized carbons (Fsp3) is 0. The number of benzene rings is 1. The van der Waals surface area contributed by atoms with Gasteiger partial charge in [-0.3, -0.25) is 0 Å². The van der Waals surface area contributed by atoms with Gasteiger partial charge in [-0.2, -0.15) is 0 Å². The molecule has 1 aromatic rings. The molecule has 0 spiro atoms. The van der Waals surface area contributed by atoms with Gasteiger partial charge in [-0.15, -0.1) is 0 Å². The summed E-state index contributed by atoms with van der Waals surface area (Å²) in [7, 11) is 0. The van der Waals surface area contributed by atoms with Crippen molar-refractivity contribution in [2.45, 2.75) is 0 Å². The predicted octanol–water partition coefficient (Wildman–Crippen LogP) is 2.96. The van der Waals surface area contributed by atoms with Gasteiger partial charge in [0.2, 0.25) is 5.82 Å².